The van der Waals surface area contributed by atoms with Gasteiger partial charge in [-0.2, -0.15) is 0 Å². The minimum atomic E-state index is -0.966. The van der Waals surface area contributed by atoms with Crippen molar-refractivity contribution < 1.29 is 24.2 Å². The molecule has 1 atom stereocenters. The van der Waals surface area contributed by atoms with Crippen molar-refractivity contribution in [2.75, 3.05) is 23.9 Å². The van der Waals surface area contributed by atoms with Gasteiger partial charge >= 0.3 is 11.9 Å². The van der Waals surface area contributed by atoms with Gasteiger partial charge in [0.2, 0.25) is 5.91 Å². The molecule has 148 valence electrons. The van der Waals surface area contributed by atoms with Gasteiger partial charge in [0.05, 0.1) is 24.2 Å². The maximum Gasteiger partial charge on any atom is 0.341 e. The molecule has 2 N–H and O–H groups in total. The summed E-state index contributed by atoms with van der Waals surface area (Å²) >= 11 is 2.43. The second kappa shape index (κ2) is 9.25. The number of hydrogen-bond donors (Lipinski definition) is 2. The molecule has 6 nitrogen and oxygen atoms in total. The van der Waals surface area contributed by atoms with Crippen molar-refractivity contribution in [3.05, 3.63) is 51.9 Å². The number of ether oxygens (including phenoxy) is 1. The first kappa shape index (κ1) is 20.4. The fourth-order valence-corrected chi connectivity index (χ4v) is 5.26. The van der Waals surface area contributed by atoms with Gasteiger partial charge in [-0.1, -0.05) is 30.3 Å². The zero-order valence-electron chi connectivity index (χ0n) is 15.4. The van der Waals surface area contributed by atoms with Crippen molar-refractivity contribution in [3.8, 4) is 0 Å². The van der Waals surface area contributed by atoms with Crippen LogP contribution in [0.15, 0.2) is 30.3 Å². The highest BCUT2D eigenvalue weighted by Gasteiger charge is 2.30. The summed E-state index contributed by atoms with van der Waals surface area (Å²) in [5.74, 6) is -1.49. The second-order valence-electron chi connectivity index (χ2n) is 6.48. The number of anilines is 1. The molecule has 1 aromatic heterocycles. The average Bonchev–Trinajstić information content (AvgIpc) is 3.04. The number of hydrogen-bond acceptors (Lipinski definition) is 6. The molecule has 28 heavy (non-hydrogen) atoms. The lowest BCUT2D eigenvalue weighted by atomic mass is 9.83. The third-order valence-corrected chi connectivity index (χ3v) is 6.72. The molecule has 3 rings (SSSR count). The van der Waals surface area contributed by atoms with Crippen molar-refractivity contribution in [1.29, 1.82) is 0 Å². The van der Waals surface area contributed by atoms with E-state index in [9.17, 15) is 14.4 Å². The Kier molecular flexibility index (Phi) is 6.74. The summed E-state index contributed by atoms with van der Waals surface area (Å²) in [6, 6.07) is 10.3. The molecule has 0 saturated carbocycles. The lowest BCUT2D eigenvalue weighted by molar-refractivity contribution is -0.133. The van der Waals surface area contributed by atoms with Crippen LogP contribution >= 0.6 is 23.1 Å². The number of carbonyl (C=O) groups is 3. The van der Waals surface area contributed by atoms with E-state index in [1.54, 1.807) is 0 Å². The zero-order valence-corrected chi connectivity index (χ0v) is 17.0. The van der Waals surface area contributed by atoms with E-state index in [1.165, 1.54) is 24.0 Å². The van der Waals surface area contributed by atoms with Crippen LogP contribution in [0.25, 0.3) is 0 Å². The van der Waals surface area contributed by atoms with Crippen LogP contribution in [0.1, 0.15) is 38.7 Å². The number of fused-ring (bicyclic) bond motifs is 1. The topological polar surface area (TPSA) is 92.7 Å². The van der Waals surface area contributed by atoms with Gasteiger partial charge in [0, 0.05) is 4.88 Å². The number of methoxy groups -OCH3 is 1. The zero-order chi connectivity index (χ0) is 20.1. The smallest absolute Gasteiger partial charge is 0.341 e. The van der Waals surface area contributed by atoms with Crippen molar-refractivity contribution in [1.82, 2.24) is 0 Å². The molecular formula is C20H21NO5S2. The standard InChI is InChI=1S/C20H21NO5S2/c1-26-20(25)18-14-8-7-13(12-5-3-2-4-6-12)9-15(14)28-19(18)21-16(22)10-27-11-17(23)24/h2-6,13H,7-11H2,1H3,(H,21,22)(H,23,24)/t13-/m1/s1. The Hall–Kier alpha value is -2.32. The predicted octanol–water partition coefficient (Wildman–Crippen LogP) is 3.56. The number of rotatable bonds is 7. The van der Waals surface area contributed by atoms with Gasteiger partial charge < -0.3 is 15.2 Å². The molecule has 2 aromatic rings. The minimum Gasteiger partial charge on any atom is -0.481 e. The lowest BCUT2D eigenvalue weighted by Crippen LogP contribution is -2.18. The number of carboxylic acids is 1. The molecule has 0 aliphatic heterocycles. The first-order valence-electron chi connectivity index (χ1n) is 8.86. The van der Waals surface area contributed by atoms with E-state index in [1.807, 2.05) is 18.2 Å². The van der Waals surface area contributed by atoms with E-state index < -0.39 is 11.9 Å². The molecule has 1 aromatic carbocycles. The number of esters is 1. The molecule has 0 spiro atoms. The summed E-state index contributed by atoms with van der Waals surface area (Å²) in [5.41, 5.74) is 2.67. The maximum absolute atomic E-state index is 12.4. The highest BCUT2D eigenvalue weighted by atomic mass is 32.2. The third kappa shape index (κ3) is 4.74. The number of thioether (sulfide) groups is 1. The highest BCUT2D eigenvalue weighted by Crippen LogP contribution is 2.42. The van der Waals surface area contributed by atoms with E-state index in [2.05, 4.69) is 17.4 Å². The Labute approximate surface area is 171 Å². The van der Waals surface area contributed by atoms with Crippen molar-refractivity contribution in [2.45, 2.75) is 25.2 Å². The van der Waals surface area contributed by atoms with Gasteiger partial charge in [-0.25, -0.2) is 4.79 Å². The monoisotopic (exact) mass is 419 g/mol. The molecule has 1 aliphatic rings. The number of carboxylic acid groups (broad SMARTS) is 1. The summed E-state index contributed by atoms with van der Waals surface area (Å²) in [6.07, 6.45) is 2.50. The van der Waals surface area contributed by atoms with Crippen LogP contribution in [0.5, 0.6) is 0 Å². The van der Waals surface area contributed by atoms with Gasteiger partial charge in [0.25, 0.3) is 0 Å². The van der Waals surface area contributed by atoms with Crippen molar-refractivity contribution >= 4 is 45.9 Å². The van der Waals surface area contributed by atoms with Gasteiger partial charge in [-0.15, -0.1) is 23.1 Å². The predicted molar refractivity (Wildman–Crippen MR) is 110 cm³/mol. The van der Waals surface area contributed by atoms with Crippen LogP contribution in [-0.2, 0) is 27.2 Å². The van der Waals surface area contributed by atoms with Gasteiger partial charge in [-0.3, -0.25) is 9.59 Å². The van der Waals surface area contributed by atoms with Gasteiger partial charge in [0.15, 0.2) is 0 Å². The number of carbonyl (C=O) groups excluding carboxylic acids is 2. The second-order valence-corrected chi connectivity index (χ2v) is 8.58. The molecule has 0 fully saturated rings. The number of amides is 1. The summed E-state index contributed by atoms with van der Waals surface area (Å²) in [5, 5.41) is 12.0. The van der Waals surface area contributed by atoms with Gasteiger partial charge in [-0.05, 0) is 36.3 Å². The lowest BCUT2D eigenvalue weighted by Gasteiger charge is -2.22. The number of nitrogens with one attached hydrogen (secondary N) is 1. The van der Waals surface area contributed by atoms with Crippen molar-refractivity contribution in [2.24, 2.45) is 0 Å². The highest BCUT2D eigenvalue weighted by molar-refractivity contribution is 8.00. The molecule has 0 unspecified atom stereocenters. The average molecular weight is 420 g/mol. The minimum absolute atomic E-state index is 0.0160. The van der Waals surface area contributed by atoms with E-state index in [0.29, 0.717) is 16.5 Å². The van der Waals surface area contributed by atoms with Crippen LogP contribution in [0.2, 0.25) is 0 Å². The first-order valence-corrected chi connectivity index (χ1v) is 10.8. The largest absolute Gasteiger partial charge is 0.481 e. The van der Waals surface area contributed by atoms with E-state index >= 15 is 0 Å². The van der Waals surface area contributed by atoms with Crippen LogP contribution in [0.3, 0.4) is 0 Å². The van der Waals surface area contributed by atoms with Crippen LogP contribution in [-0.4, -0.2) is 41.6 Å². The quantitative estimate of drug-likeness (QED) is 0.667. The normalized spacial score (nSPS) is 15.5. The SMILES string of the molecule is COC(=O)c1c(NC(=O)CSCC(=O)O)sc2c1CC[C@@H](c1ccccc1)C2. The molecule has 0 radical (unpaired) electrons. The van der Waals surface area contributed by atoms with E-state index in [4.69, 9.17) is 9.84 Å². The Morgan fingerprint density at radius 1 is 1.25 bits per heavy atom. The molecule has 1 heterocycles. The Balaban J connectivity index is 1.80. The Bertz CT molecular complexity index is 878. The number of benzene rings is 1. The molecule has 0 saturated heterocycles. The summed E-state index contributed by atoms with van der Waals surface area (Å²) < 4.78 is 4.94. The summed E-state index contributed by atoms with van der Waals surface area (Å²) in [7, 11) is 1.33. The molecule has 1 aliphatic carbocycles. The maximum atomic E-state index is 12.4. The van der Waals surface area contributed by atoms with Crippen molar-refractivity contribution in [3.63, 3.8) is 0 Å². The fourth-order valence-electron chi connectivity index (χ4n) is 3.40. The first-order chi connectivity index (χ1) is 13.5. The molecule has 1 amide bonds. The number of aliphatic carboxylic acids is 1. The summed E-state index contributed by atoms with van der Waals surface area (Å²) in [4.78, 5) is 36.2. The van der Waals surface area contributed by atoms with E-state index in [-0.39, 0.29) is 17.4 Å². The Morgan fingerprint density at radius 2 is 2.00 bits per heavy atom. The van der Waals surface area contributed by atoms with Crippen LogP contribution in [0.4, 0.5) is 5.00 Å². The molecule has 8 heteroatoms. The number of thiophene rings is 1. The van der Waals surface area contributed by atoms with E-state index in [0.717, 1.165) is 41.5 Å². The summed E-state index contributed by atoms with van der Waals surface area (Å²) in [6.45, 7) is 0. The van der Waals surface area contributed by atoms with Crippen LogP contribution < -0.4 is 5.32 Å². The van der Waals surface area contributed by atoms with Crippen LogP contribution in [0, 0.1) is 0 Å². The molecular weight excluding hydrogens is 398 g/mol. The fraction of sp³-hybridized carbons (Fsp3) is 0.350. The molecule has 0 bridgehead atoms. The third-order valence-electron chi connectivity index (χ3n) is 4.64. The Morgan fingerprint density at radius 3 is 2.68 bits per heavy atom. The van der Waals surface area contributed by atoms with Gasteiger partial charge in [0.1, 0.15) is 5.00 Å².